The summed E-state index contributed by atoms with van der Waals surface area (Å²) in [6.07, 6.45) is 2.66. The van der Waals surface area contributed by atoms with E-state index >= 15 is 0 Å². The van der Waals surface area contributed by atoms with Gasteiger partial charge in [-0.25, -0.2) is 14.5 Å². The number of fused-ring (bicyclic) bond motifs is 1. The van der Waals surface area contributed by atoms with Gasteiger partial charge >= 0.3 is 11.9 Å². The van der Waals surface area contributed by atoms with Gasteiger partial charge in [0, 0.05) is 6.08 Å². The summed E-state index contributed by atoms with van der Waals surface area (Å²) in [5, 5.41) is 0. The van der Waals surface area contributed by atoms with Crippen molar-refractivity contribution in [3.63, 3.8) is 0 Å². The molecule has 0 bridgehead atoms. The van der Waals surface area contributed by atoms with Gasteiger partial charge in [0.1, 0.15) is 0 Å². The van der Waals surface area contributed by atoms with Gasteiger partial charge in [0.2, 0.25) is 0 Å². The van der Waals surface area contributed by atoms with Gasteiger partial charge in [0.15, 0.2) is 6.73 Å². The predicted octanol–water partition coefficient (Wildman–Crippen LogP) is 2.28. The third kappa shape index (κ3) is 3.77. The molecule has 0 radical (unpaired) electrons. The van der Waals surface area contributed by atoms with Crippen LogP contribution in [0.15, 0.2) is 54.6 Å². The second kappa shape index (κ2) is 7.65. The molecule has 2 aromatic carbocycles. The second-order valence-electron chi connectivity index (χ2n) is 5.62. The van der Waals surface area contributed by atoms with E-state index in [9.17, 15) is 19.2 Å². The van der Waals surface area contributed by atoms with Gasteiger partial charge in [-0.1, -0.05) is 24.3 Å². The van der Waals surface area contributed by atoms with Crippen LogP contribution in [0.3, 0.4) is 0 Å². The molecule has 3 rings (SSSR count). The van der Waals surface area contributed by atoms with E-state index in [0.717, 1.165) is 4.90 Å². The summed E-state index contributed by atoms with van der Waals surface area (Å²) in [4.78, 5) is 48.4. The smallest absolute Gasteiger partial charge is 0.337 e. The number of rotatable bonds is 5. The van der Waals surface area contributed by atoms with Crippen molar-refractivity contribution in [3.05, 3.63) is 76.9 Å². The summed E-state index contributed by atoms with van der Waals surface area (Å²) in [5.41, 5.74) is 1.64. The Balaban J connectivity index is 1.57. The zero-order chi connectivity index (χ0) is 19.4. The van der Waals surface area contributed by atoms with Gasteiger partial charge in [0.25, 0.3) is 11.8 Å². The fraction of sp³-hybridized carbons (Fsp3) is 0.100. The van der Waals surface area contributed by atoms with Crippen LogP contribution in [0, 0.1) is 0 Å². The van der Waals surface area contributed by atoms with Crippen LogP contribution in [0.1, 0.15) is 36.6 Å². The Labute approximate surface area is 154 Å². The number of hydrogen-bond acceptors (Lipinski definition) is 6. The number of benzene rings is 2. The molecule has 0 aromatic heterocycles. The van der Waals surface area contributed by atoms with E-state index < -0.39 is 30.5 Å². The number of nitrogens with zero attached hydrogens (tertiary/aromatic N) is 1. The Morgan fingerprint density at radius 3 is 2.11 bits per heavy atom. The summed E-state index contributed by atoms with van der Waals surface area (Å²) in [6.45, 7) is -0.462. The van der Waals surface area contributed by atoms with Gasteiger partial charge in [-0.05, 0) is 35.9 Å². The van der Waals surface area contributed by atoms with Crippen LogP contribution in [-0.4, -0.2) is 42.5 Å². The lowest BCUT2D eigenvalue weighted by Gasteiger charge is -2.12. The van der Waals surface area contributed by atoms with Crippen LogP contribution in [0.25, 0.3) is 6.08 Å². The zero-order valence-electron chi connectivity index (χ0n) is 14.4. The maximum absolute atomic E-state index is 12.2. The highest BCUT2D eigenvalue weighted by atomic mass is 16.5. The highest BCUT2D eigenvalue weighted by molar-refractivity contribution is 6.21. The minimum atomic E-state index is -0.705. The van der Waals surface area contributed by atoms with E-state index in [1.165, 1.54) is 19.3 Å². The lowest BCUT2D eigenvalue weighted by Crippen LogP contribution is -2.32. The number of ether oxygens (including phenoxy) is 2. The van der Waals surface area contributed by atoms with Gasteiger partial charge in [-0.15, -0.1) is 0 Å². The SMILES string of the molecule is COC(=O)c1ccc(/C=C/C(=O)OCN2C(=O)c3ccccc3C2=O)cc1. The lowest BCUT2D eigenvalue weighted by molar-refractivity contribution is -0.140. The number of hydrogen-bond donors (Lipinski definition) is 0. The van der Waals surface area contributed by atoms with Crippen molar-refractivity contribution < 1.29 is 28.7 Å². The number of esters is 2. The molecule has 1 heterocycles. The van der Waals surface area contributed by atoms with E-state index in [0.29, 0.717) is 22.3 Å². The molecule has 0 saturated carbocycles. The van der Waals surface area contributed by atoms with Crippen molar-refractivity contribution in [3.8, 4) is 0 Å². The van der Waals surface area contributed by atoms with Crippen LogP contribution in [0.2, 0.25) is 0 Å². The first kappa shape index (κ1) is 18.1. The number of methoxy groups -OCH3 is 1. The highest BCUT2D eigenvalue weighted by Gasteiger charge is 2.35. The zero-order valence-corrected chi connectivity index (χ0v) is 14.4. The molecule has 136 valence electrons. The Kier molecular flexibility index (Phi) is 5.12. The van der Waals surface area contributed by atoms with Gasteiger partial charge in [-0.3, -0.25) is 9.59 Å². The van der Waals surface area contributed by atoms with E-state index in [4.69, 9.17) is 4.74 Å². The topological polar surface area (TPSA) is 90.0 Å². The molecule has 7 nitrogen and oxygen atoms in total. The van der Waals surface area contributed by atoms with Crippen molar-refractivity contribution in [2.24, 2.45) is 0 Å². The molecule has 0 atom stereocenters. The van der Waals surface area contributed by atoms with Gasteiger partial charge < -0.3 is 9.47 Å². The lowest BCUT2D eigenvalue weighted by atomic mass is 10.1. The molecule has 0 aliphatic carbocycles. The van der Waals surface area contributed by atoms with Crippen LogP contribution >= 0.6 is 0 Å². The predicted molar refractivity (Wildman–Crippen MR) is 94.7 cm³/mol. The van der Waals surface area contributed by atoms with Crippen LogP contribution in [-0.2, 0) is 14.3 Å². The summed E-state index contributed by atoms with van der Waals surface area (Å²) in [5.74, 6) is -2.15. The summed E-state index contributed by atoms with van der Waals surface area (Å²) >= 11 is 0. The summed E-state index contributed by atoms with van der Waals surface area (Å²) in [7, 11) is 1.29. The van der Waals surface area contributed by atoms with Gasteiger partial charge in [-0.2, -0.15) is 0 Å². The Morgan fingerprint density at radius 2 is 1.56 bits per heavy atom. The summed E-state index contributed by atoms with van der Waals surface area (Å²) < 4.78 is 9.59. The van der Waals surface area contributed by atoms with Crippen molar-refractivity contribution in [2.45, 2.75) is 0 Å². The third-order valence-electron chi connectivity index (χ3n) is 3.96. The Morgan fingerprint density at radius 1 is 0.963 bits per heavy atom. The molecular weight excluding hydrogens is 350 g/mol. The maximum atomic E-state index is 12.2. The maximum Gasteiger partial charge on any atom is 0.337 e. The molecule has 0 unspecified atom stereocenters. The van der Waals surface area contributed by atoms with Crippen LogP contribution < -0.4 is 0 Å². The third-order valence-corrected chi connectivity index (χ3v) is 3.96. The quantitative estimate of drug-likeness (QED) is 0.459. The van der Waals surface area contributed by atoms with Crippen molar-refractivity contribution in [1.29, 1.82) is 0 Å². The first-order valence-electron chi connectivity index (χ1n) is 7.99. The highest BCUT2D eigenvalue weighted by Crippen LogP contribution is 2.22. The minimum absolute atomic E-state index is 0.291. The van der Waals surface area contributed by atoms with E-state index in [1.54, 1.807) is 48.5 Å². The molecule has 0 saturated heterocycles. The molecule has 27 heavy (non-hydrogen) atoms. The van der Waals surface area contributed by atoms with Crippen molar-refractivity contribution in [1.82, 2.24) is 4.90 Å². The first-order valence-corrected chi connectivity index (χ1v) is 7.99. The fourth-order valence-electron chi connectivity index (χ4n) is 2.55. The van der Waals surface area contributed by atoms with E-state index in [1.807, 2.05) is 0 Å². The standard InChI is InChI=1S/C20H15NO6/c1-26-20(25)14-9-6-13(7-10-14)8-11-17(22)27-12-21-18(23)15-4-2-3-5-16(15)19(21)24/h2-11H,12H2,1H3/b11-8+. The van der Waals surface area contributed by atoms with Crippen LogP contribution in [0.4, 0.5) is 0 Å². The Hall–Kier alpha value is -3.74. The molecule has 2 aromatic rings. The fourth-order valence-corrected chi connectivity index (χ4v) is 2.55. The largest absolute Gasteiger partial charge is 0.465 e. The average Bonchev–Trinajstić information content (AvgIpc) is 2.95. The number of amides is 2. The molecule has 0 fully saturated rings. The Bertz CT molecular complexity index is 910. The second-order valence-corrected chi connectivity index (χ2v) is 5.62. The van der Waals surface area contributed by atoms with E-state index in [2.05, 4.69) is 4.74 Å². The monoisotopic (exact) mass is 365 g/mol. The first-order chi connectivity index (χ1) is 13.0. The molecule has 7 heteroatoms. The van der Waals surface area contributed by atoms with Crippen molar-refractivity contribution >= 4 is 29.8 Å². The summed E-state index contributed by atoms with van der Waals surface area (Å²) in [6, 6.07) is 12.8. The molecular formula is C20H15NO6. The molecule has 1 aliphatic rings. The number of imide groups is 1. The normalized spacial score (nSPS) is 13.0. The molecule has 0 spiro atoms. The molecule has 0 N–H and O–H groups in total. The average molecular weight is 365 g/mol. The number of carbonyl (C=O) groups excluding carboxylic acids is 4. The van der Waals surface area contributed by atoms with Crippen molar-refractivity contribution in [2.75, 3.05) is 13.8 Å². The minimum Gasteiger partial charge on any atom is -0.465 e. The van der Waals surface area contributed by atoms with E-state index in [-0.39, 0.29) is 0 Å². The van der Waals surface area contributed by atoms with Gasteiger partial charge in [0.05, 0.1) is 23.8 Å². The molecule has 1 aliphatic heterocycles. The number of carbonyl (C=O) groups is 4. The molecule has 2 amide bonds. The van der Waals surface area contributed by atoms with Crippen LogP contribution in [0.5, 0.6) is 0 Å².